The van der Waals surface area contributed by atoms with Gasteiger partial charge < -0.3 is 20.3 Å². The Morgan fingerprint density at radius 1 is 0.970 bits per heavy atom. The summed E-state index contributed by atoms with van der Waals surface area (Å²) in [6, 6.07) is 9.27. The molecule has 33 heavy (non-hydrogen) atoms. The van der Waals surface area contributed by atoms with Gasteiger partial charge in [0.05, 0.1) is 17.9 Å². The van der Waals surface area contributed by atoms with Gasteiger partial charge in [-0.15, -0.1) is 0 Å². The number of ether oxygens (including phenoxy) is 1. The van der Waals surface area contributed by atoms with Gasteiger partial charge in [0.2, 0.25) is 17.7 Å². The molecule has 2 aliphatic carbocycles. The summed E-state index contributed by atoms with van der Waals surface area (Å²) < 4.78 is 6.39. The largest absolute Gasteiger partial charge is 0.359 e. The van der Waals surface area contributed by atoms with E-state index in [4.69, 9.17) is 4.74 Å². The van der Waals surface area contributed by atoms with E-state index in [0.717, 1.165) is 44.1 Å². The standard InChI is InChI=1S/C26H31N3O4/c30-23(27-18-11-12-18)20-19-13-14-26(33-19)21(20)25(32)29(15-16-7-3-1-4-8-16)22(26)24(31)28-17-9-5-2-6-10-17/h1,3-4,7-8,13-14,17-22H,2,5-6,9-12,15H2,(H,27,30)(H,28,31)/t19-,20+,21-,22-,26-/m1/s1. The molecule has 1 aromatic rings. The molecule has 174 valence electrons. The molecule has 2 saturated carbocycles. The van der Waals surface area contributed by atoms with Crippen molar-refractivity contribution in [2.24, 2.45) is 11.8 Å². The van der Waals surface area contributed by atoms with Crippen molar-refractivity contribution in [3.8, 4) is 0 Å². The Labute approximate surface area is 193 Å². The minimum atomic E-state index is -1.08. The Hall–Kier alpha value is -2.67. The lowest BCUT2D eigenvalue weighted by Gasteiger charge is -2.34. The summed E-state index contributed by atoms with van der Waals surface area (Å²) in [6.07, 6.45) is 10.6. The van der Waals surface area contributed by atoms with E-state index in [1.807, 2.05) is 42.5 Å². The Kier molecular flexibility index (Phi) is 5.05. The summed E-state index contributed by atoms with van der Waals surface area (Å²) in [4.78, 5) is 42.4. The molecule has 0 aromatic heterocycles. The summed E-state index contributed by atoms with van der Waals surface area (Å²) >= 11 is 0. The van der Waals surface area contributed by atoms with E-state index in [0.29, 0.717) is 6.54 Å². The summed E-state index contributed by atoms with van der Waals surface area (Å²) in [5, 5.41) is 6.29. The molecule has 7 nitrogen and oxygen atoms in total. The molecule has 1 spiro atoms. The van der Waals surface area contributed by atoms with Crippen LogP contribution in [0.25, 0.3) is 0 Å². The van der Waals surface area contributed by atoms with Crippen molar-refractivity contribution in [3.05, 3.63) is 48.0 Å². The van der Waals surface area contributed by atoms with Crippen LogP contribution in [0.4, 0.5) is 0 Å². The van der Waals surface area contributed by atoms with Crippen LogP contribution in [-0.2, 0) is 25.7 Å². The number of likely N-dealkylation sites (tertiary alicyclic amines) is 1. The van der Waals surface area contributed by atoms with Crippen molar-refractivity contribution < 1.29 is 19.1 Å². The summed E-state index contributed by atoms with van der Waals surface area (Å²) in [7, 11) is 0. The number of benzene rings is 1. The number of hydrogen-bond donors (Lipinski definition) is 2. The molecular weight excluding hydrogens is 418 g/mol. The first-order valence-corrected chi connectivity index (χ1v) is 12.4. The van der Waals surface area contributed by atoms with Crippen molar-refractivity contribution in [3.63, 3.8) is 0 Å². The van der Waals surface area contributed by atoms with Crippen LogP contribution in [-0.4, -0.2) is 52.5 Å². The summed E-state index contributed by atoms with van der Waals surface area (Å²) in [6.45, 7) is 0.319. The van der Waals surface area contributed by atoms with Crippen molar-refractivity contribution in [2.45, 2.75) is 81.3 Å². The Morgan fingerprint density at radius 2 is 1.67 bits per heavy atom. The fourth-order valence-electron chi connectivity index (χ4n) is 6.27. The first-order chi connectivity index (χ1) is 16.1. The minimum Gasteiger partial charge on any atom is -0.359 e. The van der Waals surface area contributed by atoms with E-state index in [-0.39, 0.29) is 29.8 Å². The number of amides is 3. The zero-order valence-corrected chi connectivity index (χ0v) is 18.7. The molecule has 2 N–H and O–H groups in total. The van der Waals surface area contributed by atoms with Gasteiger partial charge >= 0.3 is 0 Å². The highest BCUT2D eigenvalue weighted by atomic mass is 16.5. The number of carbonyl (C=O) groups is 3. The molecular formula is C26H31N3O4. The molecule has 0 radical (unpaired) electrons. The molecule has 3 aliphatic heterocycles. The van der Waals surface area contributed by atoms with E-state index in [9.17, 15) is 14.4 Å². The lowest BCUT2D eigenvalue weighted by Crippen LogP contribution is -2.56. The third-order valence-corrected chi connectivity index (χ3v) is 8.00. The second-order valence-electron chi connectivity index (χ2n) is 10.3. The Bertz CT molecular complexity index is 985. The van der Waals surface area contributed by atoms with Crippen LogP contribution in [0.5, 0.6) is 0 Å². The van der Waals surface area contributed by atoms with Gasteiger partial charge in [-0.3, -0.25) is 14.4 Å². The zero-order valence-electron chi connectivity index (χ0n) is 18.7. The van der Waals surface area contributed by atoms with Gasteiger partial charge in [0.1, 0.15) is 11.6 Å². The highest BCUT2D eigenvalue weighted by Crippen LogP contribution is 2.55. The van der Waals surface area contributed by atoms with Gasteiger partial charge in [-0.05, 0) is 31.2 Å². The van der Waals surface area contributed by atoms with E-state index >= 15 is 0 Å². The summed E-state index contributed by atoms with van der Waals surface area (Å²) in [5.41, 5.74) is -0.129. The van der Waals surface area contributed by atoms with Gasteiger partial charge in [0.25, 0.3) is 0 Å². The SMILES string of the molecule is O=C(NC1CC1)[C@H]1[C@H]2C=C[C@@]3(O2)[C@H]1C(=O)N(Cc1ccccc1)[C@@H]3C(=O)NC1CCCCC1. The molecule has 5 atom stereocenters. The number of fused-ring (bicyclic) bond motifs is 1. The predicted octanol–water partition coefficient (Wildman–Crippen LogP) is 2.06. The molecule has 7 heteroatoms. The first-order valence-electron chi connectivity index (χ1n) is 12.4. The lowest BCUT2D eigenvalue weighted by atomic mass is 9.74. The van der Waals surface area contributed by atoms with Gasteiger partial charge in [-0.1, -0.05) is 61.7 Å². The number of nitrogens with one attached hydrogen (secondary N) is 2. The van der Waals surface area contributed by atoms with Crippen LogP contribution in [0.1, 0.15) is 50.5 Å². The third kappa shape index (κ3) is 3.48. The maximum atomic E-state index is 13.9. The van der Waals surface area contributed by atoms with Crippen LogP contribution in [0.2, 0.25) is 0 Å². The quantitative estimate of drug-likeness (QED) is 0.651. The molecule has 3 heterocycles. The second-order valence-corrected chi connectivity index (χ2v) is 10.3. The molecule has 1 aromatic carbocycles. The number of nitrogens with zero attached hydrogens (tertiary/aromatic N) is 1. The van der Waals surface area contributed by atoms with Crippen LogP contribution in [0.15, 0.2) is 42.5 Å². The average Bonchev–Trinajstić information content (AvgIpc) is 3.37. The molecule has 6 rings (SSSR count). The van der Waals surface area contributed by atoms with Crippen LogP contribution >= 0.6 is 0 Å². The van der Waals surface area contributed by atoms with Gasteiger partial charge in [-0.2, -0.15) is 0 Å². The molecule has 4 fully saturated rings. The smallest absolute Gasteiger partial charge is 0.246 e. The average molecular weight is 450 g/mol. The predicted molar refractivity (Wildman–Crippen MR) is 121 cm³/mol. The maximum absolute atomic E-state index is 13.9. The molecule has 2 bridgehead atoms. The van der Waals surface area contributed by atoms with Crippen molar-refractivity contribution in [2.75, 3.05) is 0 Å². The monoisotopic (exact) mass is 449 g/mol. The van der Waals surface area contributed by atoms with E-state index < -0.39 is 29.6 Å². The zero-order chi connectivity index (χ0) is 22.6. The highest BCUT2D eigenvalue weighted by molar-refractivity contribution is 6.00. The lowest BCUT2D eigenvalue weighted by molar-refractivity contribution is -0.142. The fourth-order valence-corrected chi connectivity index (χ4v) is 6.27. The topological polar surface area (TPSA) is 87.7 Å². The van der Waals surface area contributed by atoms with Crippen LogP contribution < -0.4 is 10.6 Å². The maximum Gasteiger partial charge on any atom is 0.246 e. The van der Waals surface area contributed by atoms with Gasteiger partial charge in [0.15, 0.2) is 0 Å². The Morgan fingerprint density at radius 3 is 2.39 bits per heavy atom. The fraction of sp³-hybridized carbons (Fsp3) is 0.577. The van der Waals surface area contributed by atoms with E-state index in [1.54, 1.807) is 4.90 Å². The molecule has 5 aliphatic rings. The van der Waals surface area contributed by atoms with Gasteiger partial charge in [-0.25, -0.2) is 0 Å². The van der Waals surface area contributed by atoms with E-state index in [1.165, 1.54) is 6.42 Å². The number of rotatable bonds is 6. The number of hydrogen-bond acceptors (Lipinski definition) is 4. The van der Waals surface area contributed by atoms with Crippen molar-refractivity contribution in [1.29, 1.82) is 0 Å². The minimum absolute atomic E-state index is 0.125. The highest BCUT2D eigenvalue weighted by Gasteiger charge is 2.72. The summed E-state index contributed by atoms with van der Waals surface area (Å²) in [5.74, 6) is -1.71. The van der Waals surface area contributed by atoms with Crippen molar-refractivity contribution >= 4 is 17.7 Å². The normalized spacial score (nSPS) is 35.0. The van der Waals surface area contributed by atoms with Crippen LogP contribution in [0, 0.1) is 11.8 Å². The molecule has 3 amide bonds. The molecule has 0 unspecified atom stereocenters. The first kappa shape index (κ1) is 20.9. The number of carbonyl (C=O) groups excluding carboxylic acids is 3. The van der Waals surface area contributed by atoms with Crippen LogP contribution in [0.3, 0.4) is 0 Å². The van der Waals surface area contributed by atoms with Gasteiger partial charge in [0, 0.05) is 18.6 Å². The second kappa shape index (κ2) is 7.97. The Balaban J connectivity index is 1.33. The van der Waals surface area contributed by atoms with Crippen molar-refractivity contribution in [1.82, 2.24) is 15.5 Å². The molecule has 2 saturated heterocycles. The van der Waals surface area contributed by atoms with E-state index in [2.05, 4.69) is 10.6 Å². The third-order valence-electron chi connectivity index (χ3n) is 8.00.